The van der Waals surface area contributed by atoms with Gasteiger partial charge in [0.1, 0.15) is 29.0 Å². The molecule has 2 aromatic carbocycles. The van der Waals surface area contributed by atoms with Crippen molar-refractivity contribution in [2.24, 2.45) is 0 Å². The van der Waals surface area contributed by atoms with Gasteiger partial charge in [0.25, 0.3) is 0 Å². The van der Waals surface area contributed by atoms with E-state index in [1.807, 2.05) is 62.3 Å². The molecule has 9 heteroatoms. The fraction of sp³-hybridized carbons (Fsp3) is 0.238. The molecule has 0 atom stereocenters. The maximum Gasteiger partial charge on any atom is 0.240 e. The van der Waals surface area contributed by atoms with E-state index in [4.69, 9.17) is 4.74 Å². The molecule has 0 saturated carbocycles. The van der Waals surface area contributed by atoms with Gasteiger partial charge in [-0.2, -0.15) is 0 Å². The van der Waals surface area contributed by atoms with Gasteiger partial charge in [-0.3, -0.25) is 0 Å². The molecule has 30 heavy (non-hydrogen) atoms. The molecule has 3 rings (SSSR count). The number of nitrogens with zero attached hydrogens (tertiary/aromatic N) is 3. The molecule has 0 saturated heterocycles. The molecular weight excluding hydrogens is 402 g/mol. The molecule has 1 aromatic heterocycles. The predicted molar refractivity (Wildman–Crippen MR) is 118 cm³/mol. The number of nitrogens with one attached hydrogen (secondary N) is 2. The monoisotopic (exact) mass is 427 g/mol. The van der Waals surface area contributed by atoms with Gasteiger partial charge in [0, 0.05) is 33.3 Å². The molecule has 0 spiro atoms. The van der Waals surface area contributed by atoms with Crippen molar-refractivity contribution in [3.05, 3.63) is 66.5 Å². The van der Waals surface area contributed by atoms with Crippen molar-refractivity contribution < 1.29 is 13.2 Å². The summed E-state index contributed by atoms with van der Waals surface area (Å²) in [7, 11) is 0.177. The molecule has 3 aromatic rings. The lowest BCUT2D eigenvalue weighted by molar-refractivity contribution is 0.482. The third-order valence-corrected chi connectivity index (χ3v) is 5.60. The topological polar surface area (TPSA) is 96.5 Å². The SMILES string of the molecule is Cc1nc(NCCNS(=O)(=O)c2ccc(Oc3ccccc3)cc2)cc(N(C)C)n1. The highest BCUT2D eigenvalue weighted by Crippen LogP contribution is 2.22. The highest BCUT2D eigenvalue weighted by atomic mass is 32.2. The Balaban J connectivity index is 1.54. The van der Waals surface area contributed by atoms with Crippen LogP contribution in [-0.2, 0) is 10.0 Å². The first-order chi connectivity index (χ1) is 14.3. The average Bonchev–Trinajstić information content (AvgIpc) is 2.72. The summed E-state index contributed by atoms with van der Waals surface area (Å²) < 4.78 is 33.3. The molecule has 2 N–H and O–H groups in total. The quantitative estimate of drug-likeness (QED) is 0.507. The van der Waals surface area contributed by atoms with Crippen LogP contribution in [0.4, 0.5) is 11.6 Å². The van der Waals surface area contributed by atoms with Crippen molar-refractivity contribution in [3.63, 3.8) is 0 Å². The Morgan fingerprint density at radius 1 is 0.933 bits per heavy atom. The van der Waals surface area contributed by atoms with Crippen molar-refractivity contribution in [2.45, 2.75) is 11.8 Å². The smallest absolute Gasteiger partial charge is 0.240 e. The average molecular weight is 428 g/mol. The number of ether oxygens (including phenoxy) is 1. The van der Waals surface area contributed by atoms with Gasteiger partial charge in [-0.15, -0.1) is 0 Å². The minimum absolute atomic E-state index is 0.177. The first-order valence-corrected chi connectivity index (χ1v) is 10.9. The second kappa shape index (κ2) is 9.55. The van der Waals surface area contributed by atoms with E-state index in [1.165, 1.54) is 12.1 Å². The summed E-state index contributed by atoms with van der Waals surface area (Å²) in [5, 5.41) is 3.12. The number of sulfonamides is 1. The number of rotatable bonds is 9. The Kier molecular flexibility index (Phi) is 6.86. The number of aromatic nitrogens is 2. The van der Waals surface area contributed by atoms with Crippen molar-refractivity contribution in [3.8, 4) is 11.5 Å². The molecule has 8 nitrogen and oxygen atoms in total. The Hall–Kier alpha value is -3.17. The van der Waals surface area contributed by atoms with E-state index in [9.17, 15) is 8.42 Å². The normalized spacial score (nSPS) is 11.2. The van der Waals surface area contributed by atoms with Gasteiger partial charge in [-0.05, 0) is 43.3 Å². The number of anilines is 2. The highest BCUT2D eigenvalue weighted by molar-refractivity contribution is 7.89. The molecule has 0 aliphatic heterocycles. The maximum atomic E-state index is 12.5. The predicted octanol–water partition coefficient (Wildman–Crippen LogP) is 3.03. The number of hydrogen-bond acceptors (Lipinski definition) is 7. The van der Waals surface area contributed by atoms with Crippen molar-refractivity contribution >= 4 is 21.7 Å². The Morgan fingerprint density at radius 3 is 2.27 bits per heavy atom. The Morgan fingerprint density at radius 2 is 1.60 bits per heavy atom. The summed E-state index contributed by atoms with van der Waals surface area (Å²) in [4.78, 5) is 10.7. The van der Waals surface area contributed by atoms with Crippen LogP contribution in [0.5, 0.6) is 11.5 Å². The second-order valence-electron chi connectivity index (χ2n) is 6.76. The number of aryl methyl sites for hydroxylation is 1. The summed E-state index contributed by atoms with van der Waals surface area (Å²) in [6.45, 7) is 2.41. The van der Waals surface area contributed by atoms with Gasteiger partial charge in [-0.25, -0.2) is 23.1 Å². The van der Waals surface area contributed by atoms with E-state index in [2.05, 4.69) is 20.0 Å². The van der Waals surface area contributed by atoms with E-state index in [-0.39, 0.29) is 11.4 Å². The fourth-order valence-electron chi connectivity index (χ4n) is 2.64. The lowest BCUT2D eigenvalue weighted by Gasteiger charge is -2.14. The van der Waals surface area contributed by atoms with E-state index in [0.29, 0.717) is 29.7 Å². The van der Waals surface area contributed by atoms with Gasteiger partial charge in [0.15, 0.2) is 0 Å². The minimum atomic E-state index is -3.62. The Labute approximate surface area is 177 Å². The third-order valence-electron chi connectivity index (χ3n) is 4.12. The lowest BCUT2D eigenvalue weighted by atomic mass is 10.3. The molecular formula is C21H25N5O3S. The van der Waals surface area contributed by atoms with Crippen LogP contribution in [0.1, 0.15) is 5.82 Å². The fourth-order valence-corrected chi connectivity index (χ4v) is 3.67. The van der Waals surface area contributed by atoms with Crippen LogP contribution in [0.2, 0.25) is 0 Å². The number of benzene rings is 2. The first kappa shape index (κ1) is 21.5. The van der Waals surface area contributed by atoms with Gasteiger partial charge < -0.3 is 15.0 Å². The van der Waals surface area contributed by atoms with E-state index < -0.39 is 10.0 Å². The van der Waals surface area contributed by atoms with E-state index in [1.54, 1.807) is 12.1 Å². The zero-order valence-electron chi connectivity index (χ0n) is 17.2. The van der Waals surface area contributed by atoms with Gasteiger partial charge in [-0.1, -0.05) is 18.2 Å². The minimum Gasteiger partial charge on any atom is -0.457 e. The van der Waals surface area contributed by atoms with Crippen molar-refractivity contribution in [1.82, 2.24) is 14.7 Å². The Bertz CT molecular complexity index is 1070. The summed E-state index contributed by atoms with van der Waals surface area (Å²) >= 11 is 0. The van der Waals surface area contributed by atoms with Crippen molar-refractivity contribution in [2.75, 3.05) is 37.4 Å². The molecule has 0 aliphatic rings. The zero-order valence-corrected chi connectivity index (χ0v) is 18.0. The molecule has 1 heterocycles. The van der Waals surface area contributed by atoms with E-state index >= 15 is 0 Å². The van der Waals surface area contributed by atoms with Gasteiger partial charge in [0.2, 0.25) is 10.0 Å². The van der Waals surface area contributed by atoms with E-state index in [0.717, 1.165) is 5.82 Å². The van der Waals surface area contributed by atoms with Crippen LogP contribution >= 0.6 is 0 Å². The molecule has 0 fully saturated rings. The van der Waals surface area contributed by atoms with Crippen LogP contribution < -0.4 is 19.7 Å². The van der Waals surface area contributed by atoms with Crippen LogP contribution in [-0.4, -0.2) is 45.6 Å². The summed E-state index contributed by atoms with van der Waals surface area (Å²) in [5.74, 6) is 3.32. The maximum absolute atomic E-state index is 12.5. The lowest BCUT2D eigenvalue weighted by Crippen LogP contribution is -2.29. The van der Waals surface area contributed by atoms with Crippen LogP contribution in [0, 0.1) is 6.92 Å². The van der Waals surface area contributed by atoms with Gasteiger partial charge in [0.05, 0.1) is 4.90 Å². The third kappa shape index (κ3) is 5.91. The van der Waals surface area contributed by atoms with Crippen LogP contribution in [0.25, 0.3) is 0 Å². The molecule has 0 radical (unpaired) electrons. The largest absolute Gasteiger partial charge is 0.457 e. The van der Waals surface area contributed by atoms with Crippen LogP contribution in [0.15, 0.2) is 65.6 Å². The summed E-state index contributed by atoms with van der Waals surface area (Å²) in [6, 6.07) is 17.4. The van der Waals surface area contributed by atoms with Crippen molar-refractivity contribution in [1.29, 1.82) is 0 Å². The standard InChI is InChI=1S/C21H25N5O3S/c1-16-24-20(15-21(25-16)26(2)3)22-13-14-23-30(27,28)19-11-9-18(10-12-19)29-17-7-5-4-6-8-17/h4-12,15,23H,13-14H2,1-3H3,(H,22,24,25). The molecule has 0 bridgehead atoms. The molecule has 0 unspecified atom stereocenters. The number of para-hydroxylation sites is 1. The van der Waals surface area contributed by atoms with Crippen LogP contribution in [0.3, 0.4) is 0 Å². The first-order valence-electron chi connectivity index (χ1n) is 9.43. The zero-order chi connectivity index (χ0) is 21.6. The summed E-state index contributed by atoms with van der Waals surface area (Å²) in [6.07, 6.45) is 0. The summed E-state index contributed by atoms with van der Waals surface area (Å²) in [5.41, 5.74) is 0. The molecule has 0 amide bonds. The molecule has 0 aliphatic carbocycles. The second-order valence-corrected chi connectivity index (χ2v) is 8.53. The highest BCUT2D eigenvalue weighted by Gasteiger charge is 2.13. The van der Waals surface area contributed by atoms with Gasteiger partial charge >= 0.3 is 0 Å². The number of hydrogen-bond donors (Lipinski definition) is 2. The molecule has 158 valence electrons.